The number of rotatable bonds is 5. The third-order valence-corrected chi connectivity index (χ3v) is 3.99. The quantitative estimate of drug-likeness (QED) is 0.898. The summed E-state index contributed by atoms with van der Waals surface area (Å²) in [5.74, 6) is -0.138. The molecule has 7 heteroatoms. The van der Waals surface area contributed by atoms with Crippen molar-refractivity contribution in [2.24, 2.45) is 0 Å². The third kappa shape index (κ3) is 3.22. The second-order valence-corrected chi connectivity index (χ2v) is 5.49. The maximum atomic E-state index is 12.9. The van der Waals surface area contributed by atoms with Crippen molar-refractivity contribution < 1.29 is 23.0 Å². The zero-order valence-corrected chi connectivity index (χ0v) is 13.8. The summed E-state index contributed by atoms with van der Waals surface area (Å²) in [7, 11) is 1.78. The molecule has 1 unspecified atom stereocenters. The number of halogens is 2. The van der Waals surface area contributed by atoms with Crippen molar-refractivity contribution in [2.45, 2.75) is 19.7 Å². The topological polar surface area (TPSA) is 50.8 Å². The van der Waals surface area contributed by atoms with Crippen molar-refractivity contribution in [2.75, 3.05) is 18.6 Å². The van der Waals surface area contributed by atoms with Gasteiger partial charge >= 0.3 is 6.61 Å². The molecule has 2 aromatic carbocycles. The van der Waals surface area contributed by atoms with E-state index in [9.17, 15) is 13.6 Å². The van der Waals surface area contributed by atoms with Gasteiger partial charge in [-0.15, -0.1) is 0 Å². The first-order chi connectivity index (χ1) is 12.0. The first-order valence-electron chi connectivity index (χ1n) is 7.86. The molecule has 0 radical (unpaired) electrons. The van der Waals surface area contributed by atoms with Crippen LogP contribution in [0.2, 0.25) is 0 Å². The molecule has 1 atom stereocenters. The van der Waals surface area contributed by atoms with Crippen LogP contribution in [0.25, 0.3) is 0 Å². The molecular weight excluding hydrogens is 330 g/mol. The van der Waals surface area contributed by atoms with Gasteiger partial charge in [-0.05, 0) is 25.1 Å². The predicted octanol–water partition coefficient (Wildman–Crippen LogP) is 3.57. The molecule has 1 amide bonds. The first kappa shape index (κ1) is 17.0. The Kier molecular flexibility index (Phi) is 4.74. The van der Waals surface area contributed by atoms with E-state index in [1.54, 1.807) is 55.3 Å². The van der Waals surface area contributed by atoms with Crippen molar-refractivity contribution in [1.82, 2.24) is 5.32 Å². The van der Waals surface area contributed by atoms with Crippen LogP contribution in [-0.2, 0) is 0 Å². The van der Waals surface area contributed by atoms with Crippen LogP contribution < -0.4 is 19.7 Å². The summed E-state index contributed by atoms with van der Waals surface area (Å²) in [5, 5.41) is 2.83. The molecular formula is C18H18F2N2O3. The molecule has 0 saturated heterocycles. The summed E-state index contributed by atoms with van der Waals surface area (Å²) in [6.07, 6.45) is -0.656. The molecule has 1 aliphatic rings. The Hall–Kier alpha value is -2.83. The van der Waals surface area contributed by atoms with Gasteiger partial charge in [-0.25, -0.2) is 0 Å². The summed E-state index contributed by atoms with van der Waals surface area (Å²) in [6.45, 7) is -0.945. The van der Waals surface area contributed by atoms with E-state index in [0.717, 1.165) is 0 Å². The lowest BCUT2D eigenvalue weighted by Gasteiger charge is -2.37. The monoisotopic (exact) mass is 348 g/mol. The van der Waals surface area contributed by atoms with Crippen LogP contribution in [0, 0.1) is 0 Å². The minimum Gasteiger partial charge on any atom is -0.490 e. The van der Waals surface area contributed by atoms with Gasteiger partial charge in [-0.3, -0.25) is 4.79 Å². The van der Waals surface area contributed by atoms with E-state index in [4.69, 9.17) is 9.47 Å². The average Bonchev–Trinajstić information content (AvgIpc) is 2.60. The van der Waals surface area contributed by atoms with Crippen LogP contribution in [0.1, 0.15) is 29.0 Å². The highest BCUT2D eigenvalue weighted by molar-refractivity contribution is 6.02. The molecule has 0 aliphatic carbocycles. The smallest absolute Gasteiger partial charge is 0.387 e. The van der Waals surface area contributed by atoms with Gasteiger partial charge in [-0.2, -0.15) is 8.78 Å². The molecule has 5 nitrogen and oxygen atoms in total. The number of hydrogen-bond donors (Lipinski definition) is 1. The number of nitrogens with zero attached hydrogens (tertiary/aromatic N) is 1. The average molecular weight is 348 g/mol. The number of alkyl halides is 2. The van der Waals surface area contributed by atoms with Crippen LogP contribution in [0.15, 0.2) is 42.5 Å². The van der Waals surface area contributed by atoms with Gasteiger partial charge in [0, 0.05) is 12.6 Å². The molecule has 25 heavy (non-hydrogen) atoms. The maximum absolute atomic E-state index is 12.9. The lowest BCUT2D eigenvalue weighted by molar-refractivity contribution is -0.0523. The van der Waals surface area contributed by atoms with E-state index < -0.39 is 12.8 Å². The highest BCUT2D eigenvalue weighted by Gasteiger charge is 2.32. The Labute approximate surface area is 144 Å². The van der Waals surface area contributed by atoms with Crippen molar-refractivity contribution in [3.05, 3.63) is 53.6 Å². The molecule has 0 spiro atoms. The molecule has 3 rings (SSSR count). The fraction of sp³-hybridized carbons (Fsp3) is 0.278. The van der Waals surface area contributed by atoms with Crippen molar-refractivity contribution in [3.63, 3.8) is 0 Å². The Morgan fingerprint density at radius 2 is 1.96 bits per heavy atom. The standard InChI is InChI=1S/C18H18F2N2O3/c1-3-24-14-10-6-8-12(15(14)25-18(19)20)16-21-17(23)11-7-4-5-9-13(11)22(16)2/h4-10,16,18H,3H2,1-2H3,(H,21,23). The Bertz CT molecular complexity index is 783. The van der Waals surface area contributed by atoms with E-state index in [2.05, 4.69) is 5.32 Å². The first-order valence-corrected chi connectivity index (χ1v) is 7.86. The second-order valence-electron chi connectivity index (χ2n) is 5.49. The number of anilines is 1. The molecule has 1 heterocycles. The summed E-state index contributed by atoms with van der Waals surface area (Å²) in [6, 6.07) is 12.0. The molecule has 0 aromatic heterocycles. The highest BCUT2D eigenvalue weighted by atomic mass is 19.3. The summed E-state index contributed by atoms with van der Waals surface area (Å²) < 4.78 is 36.0. The largest absolute Gasteiger partial charge is 0.490 e. The summed E-state index contributed by atoms with van der Waals surface area (Å²) in [5.41, 5.74) is 1.64. The van der Waals surface area contributed by atoms with Crippen LogP contribution in [0.5, 0.6) is 11.5 Å². The van der Waals surface area contributed by atoms with E-state index in [-0.39, 0.29) is 17.4 Å². The fourth-order valence-electron chi connectivity index (χ4n) is 2.93. The molecule has 0 fully saturated rings. The summed E-state index contributed by atoms with van der Waals surface area (Å²) in [4.78, 5) is 14.2. The second kappa shape index (κ2) is 6.96. The van der Waals surface area contributed by atoms with Crippen LogP contribution in [0.4, 0.5) is 14.5 Å². The van der Waals surface area contributed by atoms with E-state index in [0.29, 0.717) is 23.4 Å². The zero-order valence-electron chi connectivity index (χ0n) is 13.8. The number of fused-ring (bicyclic) bond motifs is 1. The van der Waals surface area contributed by atoms with E-state index >= 15 is 0 Å². The lowest BCUT2D eigenvalue weighted by atomic mass is 10.0. The number of hydrogen-bond acceptors (Lipinski definition) is 4. The SMILES string of the molecule is CCOc1cccc(C2NC(=O)c3ccccc3N2C)c1OC(F)F. The van der Waals surface area contributed by atoms with Gasteiger partial charge in [0.25, 0.3) is 5.91 Å². The number of para-hydroxylation sites is 2. The van der Waals surface area contributed by atoms with E-state index in [1.807, 2.05) is 6.07 Å². The van der Waals surface area contributed by atoms with Gasteiger partial charge < -0.3 is 19.7 Å². The Balaban J connectivity index is 2.07. The third-order valence-electron chi connectivity index (χ3n) is 3.99. The van der Waals surface area contributed by atoms with Crippen molar-refractivity contribution in [3.8, 4) is 11.5 Å². The van der Waals surface area contributed by atoms with Crippen LogP contribution in [0.3, 0.4) is 0 Å². The molecule has 0 saturated carbocycles. The number of nitrogens with one attached hydrogen (secondary N) is 1. The van der Waals surface area contributed by atoms with Crippen LogP contribution >= 0.6 is 0 Å². The number of carbonyl (C=O) groups is 1. The number of carbonyl (C=O) groups excluding carboxylic acids is 1. The van der Waals surface area contributed by atoms with Crippen molar-refractivity contribution >= 4 is 11.6 Å². The predicted molar refractivity (Wildman–Crippen MR) is 89.3 cm³/mol. The lowest BCUT2D eigenvalue weighted by Crippen LogP contribution is -2.44. The minimum atomic E-state index is -3.00. The normalized spacial score (nSPS) is 16.4. The number of amides is 1. The van der Waals surface area contributed by atoms with E-state index in [1.165, 1.54) is 0 Å². The van der Waals surface area contributed by atoms with Gasteiger partial charge in [0.1, 0.15) is 6.17 Å². The van der Waals surface area contributed by atoms with Gasteiger partial charge in [0.15, 0.2) is 11.5 Å². The van der Waals surface area contributed by atoms with Crippen molar-refractivity contribution in [1.29, 1.82) is 0 Å². The zero-order chi connectivity index (χ0) is 18.0. The maximum Gasteiger partial charge on any atom is 0.387 e. The van der Waals surface area contributed by atoms with Gasteiger partial charge in [0.2, 0.25) is 0 Å². The van der Waals surface area contributed by atoms with Gasteiger partial charge in [0.05, 0.1) is 17.9 Å². The molecule has 2 aromatic rings. The summed E-state index contributed by atoms with van der Waals surface area (Å²) >= 11 is 0. The number of benzene rings is 2. The highest BCUT2D eigenvalue weighted by Crippen LogP contribution is 2.40. The Morgan fingerprint density at radius 3 is 2.68 bits per heavy atom. The molecule has 132 valence electrons. The minimum absolute atomic E-state index is 0.0733. The number of ether oxygens (including phenoxy) is 2. The molecule has 0 bridgehead atoms. The van der Waals surface area contributed by atoms with Crippen LogP contribution in [-0.4, -0.2) is 26.2 Å². The Morgan fingerprint density at radius 1 is 1.20 bits per heavy atom. The van der Waals surface area contributed by atoms with Gasteiger partial charge in [-0.1, -0.05) is 24.3 Å². The fourth-order valence-corrected chi connectivity index (χ4v) is 2.93. The molecule has 1 N–H and O–H groups in total. The molecule has 1 aliphatic heterocycles.